The van der Waals surface area contributed by atoms with Crippen molar-refractivity contribution in [1.82, 2.24) is 4.57 Å². The van der Waals surface area contributed by atoms with E-state index in [2.05, 4.69) is 140 Å². The number of para-hydroxylation sites is 2. The first-order valence-electron chi connectivity index (χ1n) is 14.9. The van der Waals surface area contributed by atoms with E-state index in [1.807, 2.05) is 11.3 Å². The number of thiophene rings is 1. The number of nitrogens with zero attached hydrogens (tertiary/aromatic N) is 2. The van der Waals surface area contributed by atoms with Crippen LogP contribution in [0.3, 0.4) is 0 Å². The number of aromatic nitrogens is 1. The lowest BCUT2D eigenvalue weighted by Crippen LogP contribution is -2.14. The first kappa shape index (κ1) is 24.7. The Bertz CT molecular complexity index is 2370. The normalized spacial score (nSPS) is 17.2. The maximum atomic E-state index is 10.00. The molecule has 0 N–H and O–H groups in total. The Kier molecular flexibility index (Phi) is 5.05. The second-order valence-corrected chi connectivity index (χ2v) is 13.4. The molecule has 0 saturated carbocycles. The summed E-state index contributed by atoms with van der Waals surface area (Å²) in [6, 6.07) is 40.2. The van der Waals surface area contributed by atoms with Crippen LogP contribution in [0.15, 0.2) is 121 Å². The summed E-state index contributed by atoms with van der Waals surface area (Å²) in [5.41, 5.74) is 11.2. The molecule has 7 aromatic rings. The molecule has 2 aliphatic carbocycles. The molecule has 0 aliphatic heterocycles. The number of rotatable bonds is 2. The van der Waals surface area contributed by atoms with Gasteiger partial charge in [-0.2, -0.15) is 5.26 Å². The molecule has 0 spiro atoms. The van der Waals surface area contributed by atoms with Crippen molar-refractivity contribution in [2.75, 3.05) is 0 Å². The average Bonchev–Trinajstić information content (AvgIpc) is 3.67. The number of benzene rings is 5. The third-order valence-corrected chi connectivity index (χ3v) is 11.1. The molecular formula is C40H28N2S. The van der Waals surface area contributed by atoms with Gasteiger partial charge in [0.2, 0.25) is 0 Å². The quantitative estimate of drug-likeness (QED) is 0.204. The van der Waals surface area contributed by atoms with Gasteiger partial charge in [0.15, 0.2) is 0 Å². The van der Waals surface area contributed by atoms with Gasteiger partial charge in [-0.15, -0.1) is 11.3 Å². The fraction of sp³-hybridized carbons (Fsp3) is 0.125. The first-order valence-corrected chi connectivity index (χ1v) is 15.8. The first-order chi connectivity index (χ1) is 21.1. The minimum atomic E-state index is -0.0204. The second-order valence-electron chi connectivity index (χ2n) is 12.4. The third-order valence-electron chi connectivity index (χ3n) is 9.82. The Morgan fingerprint density at radius 3 is 2.16 bits per heavy atom. The fourth-order valence-electron chi connectivity index (χ4n) is 7.81. The Morgan fingerprint density at radius 1 is 0.721 bits per heavy atom. The van der Waals surface area contributed by atoms with Gasteiger partial charge in [0.1, 0.15) is 0 Å². The molecule has 2 heterocycles. The Balaban J connectivity index is 1.32. The highest BCUT2D eigenvalue weighted by Gasteiger charge is 2.37. The summed E-state index contributed by atoms with van der Waals surface area (Å²) in [6.07, 6.45) is 5.03. The summed E-state index contributed by atoms with van der Waals surface area (Å²) in [4.78, 5) is 0. The molecule has 0 bridgehead atoms. The molecule has 2 nitrogen and oxygen atoms in total. The lowest BCUT2D eigenvalue weighted by Gasteiger charge is -2.26. The summed E-state index contributed by atoms with van der Waals surface area (Å²) in [5, 5.41) is 15.1. The molecule has 1 atom stereocenters. The molecule has 1 unspecified atom stereocenters. The van der Waals surface area contributed by atoms with Crippen LogP contribution in [0.5, 0.6) is 0 Å². The predicted octanol–water partition coefficient (Wildman–Crippen LogP) is 10.9. The van der Waals surface area contributed by atoms with Gasteiger partial charge in [0.05, 0.1) is 17.1 Å². The molecule has 204 valence electrons. The molecule has 2 aliphatic rings. The fourth-order valence-corrected chi connectivity index (χ4v) is 9.24. The van der Waals surface area contributed by atoms with Crippen molar-refractivity contribution in [3.05, 3.63) is 138 Å². The van der Waals surface area contributed by atoms with Gasteiger partial charge in [-0.3, -0.25) is 0 Å². The Hall–Kier alpha value is -4.91. The van der Waals surface area contributed by atoms with Gasteiger partial charge in [-0.1, -0.05) is 111 Å². The number of hydrogen-bond donors (Lipinski definition) is 0. The van der Waals surface area contributed by atoms with Crippen LogP contribution in [0, 0.1) is 11.3 Å². The molecule has 43 heavy (non-hydrogen) atoms. The van der Waals surface area contributed by atoms with Gasteiger partial charge in [0.25, 0.3) is 0 Å². The summed E-state index contributed by atoms with van der Waals surface area (Å²) >= 11 is 1.94. The van der Waals surface area contributed by atoms with Crippen LogP contribution in [0.25, 0.3) is 58.8 Å². The largest absolute Gasteiger partial charge is 0.312 e. The summed E-state index contributed by atoms with van der Waals surface area (Å²) in [7, 11) is 0. The summed E-state index contributed by atoms with van der Waals surface area (Å²) in [5.74, 6) is 0.116. The SMILES string of the molecule is CC1(C)c2ccccc2-c2c1ccc1c2sc2c(C3CC=C(C#N)C=C3n3c4ccccc4c4ccccc43)cccc21. The van der Waals surface area contributed by atoms with Crippen LogP contribution in [0.1, 0.15) is 42.9 Å². The minimum absolute atomic E-state index is 0.0204. The van der Waals surface area contributed by atoms with Crippen LogP contribution < -0.4 is 0 Å². The summed E-state index contributed by atoms with van der Waals surface area (Å²) < 4.78 is 5.13. The van der Waals surface area contributed by atoms with Crippen LogP contribution in [-0.4, -0.2) is 4.57 Å². The van der Waals surface area contributed by atoms with Crippen molar-refractivity contribution in [2.45, 2.75) is 31.6 Å². The van der Waals surface area contributed by atoms with E-state index in [9.17, 15) is 5.26 Å². The average molecular weight is 569 g/mol. The highest BCUT2D eigenvalue weighted by atomic mass is 32.1. The van der Waals surface area contributed by atoms with E-state index in [1.165, 1.54) is 69.8 Å². The van der Waals surface area contributed by atoms with E-state index in [1.54, 1.807) is 0 Å². The maximum Gasteiger partial charge on any atom is 0.0988 e. The molecule has 0 fully saturated rings. The maximum absolute atomic E-state index is 10.00. The highest BCUT2D eigenvalue weighted by molar-refractivity contribution is 7.26. The van der Waals surface area contributed by atoms with Gasteiger partial charge in [-0.05, 0) is 46.9 Å². The zero-order valence-electron chi connectivity index (χ0n) is 24.1. The minimum Gasteiger partial charge on any atom is -0.312 e. The van der Waals surface area contributed by atoms with Gasteiger partial charge in [-0.25, -0.2) is 0 Å². The molecule has 0 saturated heterocycles. The topological polar surface area (TPSA) is 28.7 Å². The predicted molar refractivity (Wildman–Crippen MR) is 182 cm³/mol. The Labute approximate surface area is 254 Å². The standard InChI is InChI=1S/C40H28N2S/c1-40(2)32-15-6-3-12-31(32)37-33(40)21-20-30-29-14-9-13-28(38(29)43-39(30)37)27-19-18-24(23-41)22-36(27)42-34-16-7-4-10-25(34)26-11-5-8-17-35(26)42/h3-18,20-22,27H,19H2,1-2H3. The summed E-state index contributed by atoms with van der Waals surface area (Å²) in [6.45, 7) is 4.71. The molecular weight excluding hydrogens is 541 g/mol. The van der Waals surface area contributed by atoms with E-state index in [-0.39, 0.29) is 11.3 Å². The molecule has 3 heteroatoms. The highest BCUT2D eigenvalue weighted by Crippen LogP contribution is 2.55. The van der Waals surface area contributed by atoms with Crippen LogP contribution in [0.2, 0.25) is 0 Å². The molecule has 0 radical (unpaired) electrons. The van der Waals surface area contributed by atoms with Crippen molar-refractivity contribution in [3.63, 3.8) is 0 Å². The van der Waals surface area contributed by atoms with Crippen molar-refractivity contribution in [2.24, 2.45) is 0 Å². The van der Waals surface area contributed by atoms with Crippen molar-refractivity contribution >= 4 is 59.0 Å². The number of hydrogen-bond acceptors (Lipinski definition) is 2. The number of allylic oxidation sites excluding steroid dienone is 4. The van der Waals surface area contributed by atoms with E-state index in [0.717, 1.165) is 17.7 Å². The zero-order chi connectivity index (χ0) is 28.9. The third kappa shape index (κ3) is 3.27. The molecule has 2 aromatic heterocycles. The van der Waals surface area contributed by atoms with E-state index in [4.69, 9.17) is 0 Å². The lowest BCUT2D eigenvalue weighted by atomic mass is 9.82. The van der Waals surface area contributed by atoms with Crippen LogP contribution >= 0.6 is 11.3 Å². The van der Waals surface area contributed by atoms with Crippen molar-refractivity contribution in [3.8, 4) is 17.2 Å². The van der Waals surface area contributed by atoms with E-state index in [0.29, 0.717) is 0 Å². The van der Waals surface area contributed by atoms with Crippen LogP contribution in [-0.2, 0) is 5.41 Å². The number of fused-ring (bicyclic) bond motifs is 10. The van der Waals surface area contributed by atoms with Gasteiger partial charge < -0.3 is 4.57 Å². The smallest absolute Gasteiger partial charge is 0.0988 e. The van der Waals surface area contributed by atoms with Crippen molar-refractivity contribution < 1.29 is 0 Å². The van der Waals surface area contributed by atoms with Gasteiger partial charge in [0, 0.05) is 59.1 Å². The lowest BCUT2D eigenvalue weighted by molar-refractivity contribution is 0.661. The van der Waals surface area contributed by atoms with E-state index < -0.39 is 0 Å². The monoisotopic (exact) mass is 568 g/mol. The van der Waals surface area contributed by atoms with Crippen molar-refractivity contribution in [1.29, 1.82) is 5.26 Å². The Morgan fingerprint density at radius 2 is 1.40 bits per heavy atom. The number of nitriles is 1. The van der Waals surface area contributed by atoms with Crippen LogP contribution in [0.4, 0.5) is 0 Å². The van der Waals surface area contributed by atoms with E-state index >= 15 is 0 Å². The van der Waals surface area contributed by atoms with Gasteiger partial charge >= 0.3 is 0 Å². The zero-order valence-corrected chi connectivity index (χ0v) is 24.9. The molecule has 0 amide bonds. The second kappa shape index (κ2) is 8.80. The molecule has 9 rings (SSSR count). The molecule has 5 aromatic carbocycles.